The molecule has 68 valence electrons. The Hall–Kier alpha value is -0.690. The van der Waals surface area contributed by atoms with Gasteiger partial charge in [-0.15, -0.1) is 0 Å². The van der Waals surface area contributed by atoms with Gasteiger partial charge in [0.15, 0.2) is 0 Å². The Labute approximate surface area is 77.7 Å². The number of amides is 1. The lowest BCUT2D eigenvalue weighted by atomic mass is 10.2. The van der Waals surface area contributed by atoms with E-state index in [0.717, 1.165) is 0 Å². The maximum Gasteiger partial charge on any atom is 0.232 e. The Kier molecular flexibility index (Phi) is 5.56. The largest absolute Gasteiger partial charge is 0.344 e. The molecule has 0 bridgehead atoms. The third-order valence-electron chi connectivity index (χ3n) is 1.46. The summed E-state index contributed by atoms with van der Waals surface area (Å²) in [4.78, 5) is 12.8. The molecule has 1 atom stereocenters. The van der Waals surface area contributed by atoms with Gasteiger partial charge in [-0.05, 0) is 13.2 Å². The van der Waals surface area contributed by atoms with Crippen LogP contribution < -0.4 is 0 Å². The first-order valence-corrected chi connectivity index (χ1v) is 5.13. The molecule has 0 aliphatic rings. The standard InChI is InChI=1S/C8H14N2OS/c1-7(4-9)5-10(2)8(11)6-12-3/h7H,5-6H2,1-3H3. The summed E-state index contributed by atoms with van der Waals surface area (Å²) in [5, 5.41) is 8.50. The Morgan fingerprint density at radius 1 is 1.75 bits per heavy atom. The van der Waals surface area contributed by atoms with Crippen LogP contribution in [0.15, 0.2) is 0 Å². The molecule has 0 N–H and O–H groups in total. The van der Waals surface area contributed by atoms with Gasteiger partial charge in [-0.25, -0.2) is 0 Å². The molecule has 0 aromatic heterocycles. The van der Waals surface area contributed by atoms with Gasteiger partial charge in [0.1, 0.15) is 0 Å². The van der Waals surface area contributed by atoms with E-state index < -0.39 is 0 Å². The molecule has 0 aliphatic heterocycles. The molecule has 0 saturated carbocycles. The number of nitrogens with zero attached hydrogens (tertiary/aromatic N) is 2. The van der Waals surface area contributed by atoms with E-state index in [1.54, 1.807) is 11.9 Å². The van der Waals surface area contributed by atoms with Gasteiger partial charge in [0.2, 0.25) is 5.91 Å². The highest BCUT2D eigenvalue weighted by Gasteiger charge is 2.10. The smallest absolute Gasteiger partial charge is 0.232 e. The van der Waals surface area contributed by atoms with Crippen molar-refractivity contribution < 1.29 is 4.79 Å². The van der Waals surface area contributed by atoms with E-state index in [0.29, 0.717) is 12.3 Å². The van der Waals surface area contributed by atoms with Crippen molar-refractivity contribution in [1.29, 1.82) is 5.26 Å². The van der Waals surface area contributed by atoms with E-state index in [2.05, 4.69) is 6.07 Å². The van der Waals surface area contributed by atoms with Crippen molar-refractivity contribution in [3.63, 3.8) is 0 Å². The normalized spacial score (nSPS) is 11.8. The third-order valence-corrected chi connectivity index (χ3v) is 2.00. The zero-order valence-electron chi connectivity index (χ0n) is 7.70. The maximum atomic E-state index is 11.2. The van der Waals surface area contributed by atoms with Crippen LogP contribution in [0.5, 0.6) is 0 Å². The summed E-state index contributed by atoms with van der Waals surface area (Å²) in [5.41, 5.74) is 0. The molecule has 4 heteroatoms. The molecule has 1 amide bonds. The third kappa shape index (κ3) is 4.24. The molecule has 0 radical (unpaired) electrons. The Balaban J connectivity index is 3.80. The SMILES string of the molecule is CSCC(=O)N(C)CC(C)C#N. The summed E-state index contributed by atoms with van der Waals surface area (Å²) in [6, 6.07) is 2.09. The zero-order chi connectivity index (χ0) is 9.56. The van der Waals surface area contributed by atoms with Crippen molar-refractivity contribution in [1.82, 2.24) is 4.90 Å². The first-order valence-electron chi connectivity index (χ1n) is 3.74. The van der Waals surface area contributed by atoms with Crippen molar-refractivity contribution >= 4 is 17.7 Å². The second-order valence-electron chi connectivity index (χ2n) is 2.74. The average Bonchev–Trinajstić information content (AvgIpc) is 2.04. The van der Waals surface area contributed by atoms with Gasteiger partial charge in [-0.1, -0.05) is 0 Å². The fourth-order valence-electron chi connectivity index (χ4n) is 0.787. The zero-order valence-corrected chi connectivity index (χ0v) is 8.52. The number of carbonyl (C=O) groups excluding carboxylic acids is 1. The van der Waals surface area contributed by atoms with Gasteiger partial charge in [-0.2, -0.15) is 17.0 Å². The minimum absolute atomic E-state index is 0.0826. The van der Waals surface area contributed by atoms with Gasteiger partial charge in [0, 0.05) is 13.6 Å². The first kappa shape index (κ1) is 11.3. The van der Waals surface area contributed by atoms with E-state index in [1.807, 2.05) is 13.2 Å². The number of rotatable bonds is 4. The van der Waals surface area contributed by atoms with Gasteiger partial charge in [0.25, 0.3) is 0 Å². The molecule has 0 heterocycles. The summed E-state index contributed by atoms with van der Waals surface area (Å²) in [6.07, 6.45) is 1.89. The second kappa shape index (κ2) is 5.90. The van der Waals surface area contributed by atoms with Crippen molar-refractivity contribution in [2.75, 3.05) is 25.6 Å². The van der Waals surface area contributed by atoms with E-state index in [9.17, 15) is 4.79 Å². The highest BCUT2D eigenvalue weighted by molar-refractivity contribution is 7.99. The Bertz CT molecular complexity index is 188. The van der Waals surface area contributed by atoms with Crippen LogP contribution in [0.4, 0.5) is 0 Å². The molecule has 0 aliphatic carbocycles. The average molecular weight is 186 g/mol. The van der Waals surface area contributed by atoms with E-state index in [1.165, 1.54) is 11.8 Å². The van der Waals surface area contributed by atoms with Crippen molar-refractivity contribution in [3.8, 4) is 6.07 Å². The number of nitriles is 1. The predicted molar refractivity (Wildman–Crippen MR) is 50.8 cm³/mol. The molecular weight excluding hydrogens is 172 g/mol. The van der Waals surface area contributed by atoms with Crippen LogP contribution in [-0.2, 0) is 4.79 Å². The lowest BCUT2D eigenvalue weighted by molar-refractivity contribution is -0.127. The minimum Gasteiger partial charge on any atom is -0.344 e. The van der Waals surface area contributed by atoms with Gasteiger partial charge < -0.3 is 4.90 Å². The number of carbonyl (C=O) groups is 1. The van der Waals surface area contributed by atoms with Crippen molar-refractivity contribution in [2.24, 2.45) is 5.92 Å². The van der Waals surface area contributed by atoms with Crippen LogP contribution in [0, 0.1) is 17.2 Å². The van der Waals surface area contributed by atoms with Crippen LogP contribution in [0.3, 0.4) is 0 Å². The molecule has 0 fully saturated rings. The van der Waals surface area contributed by atoms with E-state index in [-0.39, 0.29) is 11.8 Å². The van der Waals surface area contributed by atoms with Crippen molar-refractivity contribution in [3.05, 3.63) is 0 Å². The first-order chi connectivity index (χ1) is 5.61. The summed E-state index contributed by atoms with van der Waals surface area (Å²) in [5.74, 6) is 0.500. The highest BCUT2D eigenvalue weighted by atomic mass is 32.2. The molecule has 0 spiro atoms. The lowest BCUT2D eigenvalue weighted by Crippen LogP contribution is -2.31. The quantitative estimate of drug-likeness (QED) is 0.657. The van der Waals surface area contributed by atoms with E-state index >= 15 is 0 Å². The molecule has 12 heavy (non-hydrogen) atoms. The van der Waals surface area contributed by atoms with Crippen LogP contribution in [0.25, 0.3) is 0 Å². The summed E-state index contributed by atoms with van der Waals surface area (Å²) in [7, 11) is 1.73. The summed E-state index contributed by atoms with van der Waals surface area (Å²) < 4.78 is 0. The lowest BCUT2D eigenvalue weighted by Gasteiger charge is -2.17. The van der Waals surface area contributed by atoms with Crippen LogP contribution in [-0.4, -0.2) is 36.4 Å². The van der Waals surface area contributed by atoms with Crippen LogP contribution >= 0.6 is 11.8 Å². The molecule has 0 saturated heterocycles. The van der Waals surface area contributed by atoms with E-state index in [4.69, 9.17) is 5.26 Å². The number of hydrogen-bond acceptors (Lipinski definition) is 3. The molecule has 0 rings (SSSR count). The number of hydrogen-bond donors (Lipinski definition) is 0. The molecule has 1 unspecified atom stereocenters. The van der Waals surface area contributed by atoms with Gasteiger partial charge >= 0.3 is 0 Å². The predicted octanol–water partition coefficient (Wildman–Crippen LogP) is 0.967. The van der Waals surface area contributed by atoms with Gasteiger partial charge in [0.05, 0.1) is 17.7 Å². The minimum atomic E-state index is -0.0826. The molecular formula is C8H14N2OS. The molecule has 3 nitrogen and oxygen atoms in total. The van der Waals surface area contributed by atoms with Crippen LogP contribution in [0.2, 0.25) is 0 Å². The maximum absolute atomic E-state index is 11.2. The molecule has 0 aromatic rings. The topological polar surface area (TPSA) is 44.1 Å². The monoisotopic (exact) mass is 186 g/mol. The number of thioether (sulfide) groups is 1. The van der Waals surface area contributed by atoms with Crippen molar-refractivity contribution in [2.45, 2.75) is 6.92 Å². The van der Waals surface area contributed by atoms with Crippen LogP contribution in [0.1, 0.15) is 6.92 Å². The summed E-state index contributed by atoms with van der Waals surface area (Å²) >= 11 is 1.50. The highest BCUT2D eigenvalue weighted by Crippen LogP contribution is 1.99. The summed E-state index contributed by atoms with van der Waals surface area (Å²) in [6.45, 7) is 2.33. The Morgan fingerprint density at radius 2 is 2.33 bits per heavy atom. The Morgan fingerprint density at radius 3 is 2.75 bits per heavy atom. The fraction of sp³-hybridized carbons (Fsp3) is 0.750. The molecule has 0 aromatic carbocycles. The fourth-order valence-corrected chi connectivity index (χ4v) is 1.25. The second-order valence-corrected chi connectivity index (χ2v) is 3.60. The van der Waals surface area contributed by atoms with Gasteiger partial charge in [-0.3, -0.25) is 4.79 Å².